The molecular weight excluding hydrogens is 599 g/mol. The standard InChI is InChI=1S/C31H23NO.C7H8N2.C7H8/c32-20-21-12-14-23(15-13-21)27-10-5-11-30-31(27)28-19-26(16-17-29(28)33-30)25-9-4-8-24(18-25)22-6-2-1-3-7-22;8-7(9)6-4-2-1-3-5-6;1-7-5-3-2-4-6-7/h1-19H,20,32H2;1-5H,(H3,8,9);2-6H,1H3. The highest BCUT2D eigenvalue weighted by Crippen LogP contribution is 2.39. The zero-order chi connectivity index (χ0) is 34.0. The van der Waals surface area contributed by atoms with E-state index >= 15 is 0 Å². The predicted molar refractivity (Wildman–Crippen MR) is 207 cm³/mol. The van der Waals surface area contributed by atoms with E-state index in [9.17, 15) is 0 Å². The van der Waals surface area contributed by atoms with Crippen LogP contribution < -0.4 is 11.5 Å². The summed E-state index contributed by atoms with van der Waals surface area (Å²) in [6.45, 7) is 2.63. The second-order valence-electron chi connectivity index (χ2n) is 11.8. The normalized spacial score (nSPS) is 10.5. The number of hydrogen-bond acceptors (Lipinski definition) is 3. The van der Waals surface area contributed by atoms with Gasteiger partial charge in [0.05, 0.1) is 0 Å². The van der Waals surface area contributed by atoms with Crippen molar-refractivity contribution in [3.8, 4) is 33.4 Å². The monoisotopic (exact) mass is 637 g/mol. The second kappa shape index (κ2) is 15.6. The van der Waals surface area contributed by atoms with Crippen LogP contribution in [0.3, 0.4) is 0 Å². The lowest BCUT2D eigenvalue weighted by Gasteiger charge is -2.07. The largest absolute Gasteiger partial charge is 0.456 e. The van der Waals surface area contributed by atoms with Crippen molar-refractivity contribution in [1.29, 1.82) is 5.41 Å². The van der Waals surface area contributed by atoms with Crippen molar-refractivity contribution in [3.63, 3.8) is 0 Å². The lowest BCUT2D eigenvalue weighted by Crippen LogP contribution is -2.10. The number of benzene rings is 7. The Bertz CT molecular complexity index is 2270. The van der Waals surface area contributed by atoms with Gasteiger partial charge in [0.15, 0.2) is 0 Å². The van der Waals surface area contributed by atoms with Crippen molar-refractivity contribution in [1.82, 2.24) is 0 Å². The summed E-state index contributed by atoms with van der Waals surface area (Å²) in [5.41, 5.74) is 23.2. The van der Waals surface area contributed by atoms with Gasteiger partial charge in [-0.3, -0.25) is 5.41 Å². The number of aryl methyl sites for hydroxylation is 1. The first-order valence-corrected chi connectivity index (χ1v) is 16.3. The van der Waals surface area contributed by atoms with Crippen LogP contribution >= 0.6 is 0 Å². The zero-order valence-corrected chi connectivity index (χ0v) is 27.5. The average Bonchev–Trinajstić information content (AvgIpc) is 3.55. The van der Waals surface area contributed by atoms with Crippen LogP contribution in [0.4, 0.5) is 0 Å². The third-order valence-electron chi connectivity index (χ3n) is 8.32. The van der Waals surface area contributed by atoms with Crippen LogP contribution in [-0.2, 0) is 6.54 Å². The third kappa shape index (κ3) is 8.02. The summed E-state index contributed by atoms with van der Waals surface area (Å²) in [5.74, 6) is 0.121. The number of hydrogen-bond donors (Lipinski definition) is 3. The summed E-state index contributed by atoms with van der Waals surface area (Å²) in [6.07, 6.45) is 0. The highest BCUT2D eigenvalue weighted by molar-refractivity contribution is 6.13. The summed E-state index contributed by atoms with van der Waals surface area (Å²) in [6, 6.07) is 59.9. The van der Waals surface area contributed by atoms with Crippen molar-refractivity contribution < 1.29 is 4.42 Å². The molecule has 0 amide bonds. The van der Waals surface area contributed by atoms with Gasteiger partial charge in [0.1, 0.15) is 17.0 Å². The van der Waals surface area contributed by atoms with Gasteiger partial charge in [-0.2, -0.15) is 0 Å². The number of furan rings is 1. The van der Waals surface area contributed by atoms with Gasteiger partial charge < -0.3 is 15.9 Å². The topological polar surface area (TPSA) is 89.0 Å². The maximum Gasteiger partial charge on any atom is 0.136 e. The van der Waals surface area contributed by atoms with E-state index in [1.165, 1.54) is 33.4 Å². The van der Waals surface area contributed by atoms with Crippen molar-refractivity contribution in [2.45, 2.75) is 13.5 Å². The predicted octanol–water partition coefficient (Wildman–Crippen LogP) is 11.0. The molecule has 7 aromatic carbocycles. The summed E-state index contributed by atoms with van der Waals surface area (Å²) in [5, 5.41) is 9.29. The molecule has 1 aromatic heterocycles. The van der Waals surface area contributed by atoms with Crippen LogP contribution in [0.1, 0.15) is 16.7 Å². The first-order chi connectivity index (χ1) is 24.0. The molecule has 0 aliphatic rings. The Kier molecular flexibility index (Phi) is 10.4. The molecule has 240 valence electrons. The molecule has 8 rings (SSSR count). The van der Waals surface area contributed by atoms with Crippen LogP contribution in [0.5, 0.6) is 0 Å². The second-order valence-corrected chi connectivity index (χ2v) is 11.8. The Labute approximate surface area is 287 Å². The maximum absolute atomic E-state index is 7.01. The lowest BCUT2D eigenvalue weighted by atomic mass is 9.95. The number of nitrogens with one attached hydrogen (secondary N) is 1. The summed E-state index contributed by atoms with van der Waals surface area (Å²) >= 11 is 0. The Balaban J connectivity index is 0.000000213. The fraction of sp³-hybridized carbons (Fsp3) is 0.0444. The first-order valence-electron chi connectivity index (χ1n) is 16.3. The molecule has 0 atom stereocenters. The molecule has 1 heterocycles. The van der Waals surface area contributed by atoms with Gasteiger partial charge in [-0.05, 0) is 70.1 Å². The highest BCUT2D eigenvalue weighted by Gasteiger charge is 2.14. The van der Waals surface area contributed by atoms with E-state index in [4.69, 9.17) is 21.3 Å². The minimum absolute atomic E-state index is 0.121. The van der Waals surface area contributed by atoms with Gasteiger partial charge in [-0.1, -0.05) is 157 Å². The quantitative estimate of drug-likeness (QED) is 0.130. The first kappa shape index (κ1) is 32.7. The van der Waals surface area contributed by atoms with Crippen LogP contribution in [-0.4, -0.2) is 5.84 Å². The molecule has 0 spiro atoms. The maximum atomic E-state index is 7.01. The van der Waals surface area contributed by atoms with Crippen LogP contribution in [0.25, 0.3) is 55.3 Å². The van der Waals surface area contributed by atoms with Crippen molar-refractivity contribution in [2.24, 2.45) is 11.5 Å². The van der Waals surface area contributed by atoms with E-state index in [2.05, 4.69) is 122 Å². The molecule has 4 nitrogen and oxygen atoms in total. The van der Waals surface area contributed by atoms with E-state index in [-0.39, 0.29) is 5.84 Å². The van der Waals surface area contributed by atoms with Gasteiger partial charge in [0.25, 0.3) is 0 Å². The fourth-order valence-electron chi connectivity index (χ4n) is 5.73. The van der Waals surface area contributed by atoms with Crippen LogP contribution in [0, 0.1) is 12.3 Å². The fourth-order valence-corrected chi connectivity index (χ4v) is 5.73. The molecule has 0 unspecified atom stereocenters. The van der Waals surface area contributed by atoms with Gasteiger partial charge in [0.2, 0.25) is 0 Å². The molecule has 4 heteroatoms. The molecule has 0 saturated carbocycles. The third-order valence-corrected chi connectivity index (χ3v) is 8.32. The number of rotatable bonds is 5. The molecular formula is C45H39N3O. The lowest BCUT2D eigenvalue weighted by molar-refractivity contribution is 0.669. The van der Waals surface area contributed by atoms with E-state index in [1.54, 1.807) is 0 Å². The van der Waals surface area contributed by atoms with E-state index in [1.807, 2.05) is 60.7 Å². The molecule has 49 heavy (non-hydrogen) atoms. The Morgan fingerprint density at radius 2 is 1.08 bits per heavy atom. The molecule has 0 bridgehead atoms. The summed E-state index contributed by atoms with van der Waals surface area (Å²) in [7, 11) is 0. The van der Waals surface area contributed by atoms with E-state index in [0.717, 1.165) is 38.6 Å². The molecule has 0 aliphatic carbocycles. The highest BCUT2D eigenvalue weighted by atomic mass is 16.3. The Morgan fingerprint density at radius 3 is 1.67 bits per heavy atom. The molecule has 5 N–H and O–H groups in total. The summed E-state index contributed by atoms with van der Waals surface area (Å²) in [4.78, 5) is 0. The minimum atomic E-state index is 0.121. The Morgan fingerprint density at radius 1 is 0.531 bits per heavy atom. The van der Waals surface area contributed by atoms with Crippen LogP contribution in [0.15, 0.2) is 180 Å². The SMILES string of the molecule is Cc1ccccc1.N=C(N)c1ccccc1.NCc1ccc(-c2cccc3oc4ccc(-c5cccc(-c6ccccc6)c5)cc4c23)cc1. The van der Waals surface area contributed by atoms with Crippen molar-refractivity contribution in [3.05, 3.63) is 193 Å². The molecule has 0 radical (unpaired) electrons. The number of nitrogen functional groups attached to an aromatic ring is 1. The van der Waals surface area contributed by atoms with E-state index in [0.29, 0.717) is 6.54 Å². The van der Waals surface area contributed by atoms with Crippen LogP contribution in [0.2, 0.25) is 0 Å². The summed E-state index contributed by atoms with van der Waals surface area (Å²) < 4.78 is 6.22. The number of fused-ring (bicyclic) bond motifs is 3. The molecule has 0 saturated heterocycles. The molecule has 0 fully saturated rings. The zero-order valence-electron chi connectivity index (χ0n) is 27.5. The smallest absolute Gasteiger partial charge is 0.136 e. The van der Waals surface area contributed by atoms with Crippen molar-refractivity contribution in [2.75, 3.05) is 0 Å². The molecule has 8 aromatic rings. The number of nitrogens with two attached hydrogens (primary N) is 2. The van der Waals surface area contributed by atoms with Gasteiger partial charge in [-0.25, -0.2) is 0 Å². The Hall–Kier alpha value is -6.23. The van der Waals surface area contributed by atoms with Gasteiger partial charge in [0, 0.05) is 22.9 Å². The van der Waals surface area contributed by atoms with Gasteiger partial charge >= 0.3 is 0 Å². The molecule has 0 aliphatic heterocycles. The number of amidine groups is 1. The van der Waals surface area contributed by atoms with Gasteiger partial charge in [-0.15, -0.1) is 0 Å². The van der Waals surface area contributed by atoms with Crippen molar-refractivity contribution >= 4 is 27.8 Å². The minimum Gasteiger partial charge on any atom is -0.456 e. The average molecular weight is 638 g/mol. The van der Waals surface area contributed by atoms with E-state index < -0.39 is 0 Å².